The Labute approximate surface area is 86.5 Å². The maximum atomic E-state index is 11.7. The number of carboxylic acids is 1. The summed E-state index contributed by atoms with van der Waals surface area (Å²) < 4.78 is 4.85. The quantitative estimate of drug-likeness (QED) is 0.780. The van der Waals surface area contributed by atoms with E-state index in [4.69, 9.17) is 9.63 Å². The van der Waals surface area contributed by atoms with Gasteiger partial charge in [-0.05, 0) is 0 Å². The smallest absolute Gasteiger partial charge is 0.323 e. The third-order valence-electron chi connectivity index (χ3n) is 1.92. The Morgan fingerprint density at radius 1 is 1.60 bits per heavy atom. The molecular weight excluding hydrogens is 200 g/mol. The lowest BCUT2D eigenvalue weighted by molar-refractivity contribution is -0.137. The molecule has 1 aromatic heterocycles. The molecule has 0 atom stereocenters. The lowest BCUT2D eigenvalue weighted by Crippen LogP contribution is -2.32. The van der Waals surface area contributed by atoms with Crippen molar-refractivity contribution in [2.45, 2.75) is 13.3 Å². The van der Waals surface area contributed by atoms with E-state index in [1.54, 1.807) is 0 Å². The molecule has 1 N–H and O–H groups in total. The van der Waals surface area contributed by atoms with E-state index in [1.807, 2.05) is 6.92 Å². The van der Waals surface area contributed by atoms with Gasteiger partial charge >= 0.3 is 5.97 Å². The van der Waals surface area contributed by atoms with Crippen molar-refractivity contribution in [3.05, 3.63) is 17.5 Å². The Bertz CT molecular complexity index is 372. The van der Waals surface area contributed by atoms with E-state index < -0.39 is 11.9 Å². The molecule has 0 radical (unpaired) electrons. The van der Waals surface area contributed by atoms with E-state index in [0.717, 1.165) is 4.90 Å². The molecule has 0 aliphatic rings. The van der Waals surface area contributed by atoms with Crippen LogP contribution < -0.4 is 0 Å². The molecule has 0 aliphatic heterocycles. The largest absolute Gasteiger partial charge is 0.480 e. The molecule has 1 rings (SSSR count). The van der Waals surface area contributed by atoms with Gasteiger partial charge < -0.3 is 14.5 Å². The second-order valence-corrected chi connectivity index (χ2v) is 3.07. The Kier molecular flexibility index (Phi) is 3.43. The SMILES string of the molecule is CCc1oncc1C(=O)N(C)CC(=O)O. The van der Waals surface area contributed by atoms with Gasteiger partial charge in [-0.25, -0.2) is 0 Å². The summed E-state index contributed by atoms with van der Waals surface area (Å²) in [4.78, 5) is 23.2. The maximum Gasteiger partial charge on any atom is 0.323 e. The number of aromatic nitrogens is 1. The van der Waals surface area contributed by atoms with Gasteiger partial charge in [-0.2, -0.15) is 0 Å². The van der Waals surface area contributed by atoms with Crippen LogP contribution >= 0.6 is 0 Å². The second-order valence-electron chi connectivity index (χ2n) is 3.07. The van der Waals surface area contributed by atoms with Crippen molar-refractivity contribution < 1.29 is 19.2 Å². The zero-order valence-electron chi connectivity index (χ0n) is 8.56. The van der Waals surface area contributed by atoms with Gasteiger partial charge in [0.25, 0.3) is 5.91 Å². The normalized spacial score (nSPS) is 10.0. The van der Waals surface area contributed by atoms with Crippen LogP contribution in [0.4, 0.5) is 0 Å². The lowest BCUT2D eigenvalue weighted by atomic mass is 10.2. The minimum absolute atomic E-state index is 0.321. The van der Waals surface area contributed by atoms with Crippen molar-refractivity contribution in [1.29, 1.82) is 0 Å². The van der Waals surface area contributed by atoms with Gasteiger partial charge in [-0.3, -0.25) is 9.59 Å². The number of likely N-dealkylation sites (N-methyl/N-ethyl adjacent to an activating group) is 1. The summed E-state index contributed by atoms with van der Waals surface area (Å²) >= 11 is 0. The first-order valence-corrected chi connectivity index (χ1v) is 4.47. The Morgan fingerprint density at radius 2 is 2.27 bits per heavy atom. The molecule has 82 valence electrons. The van der Waals surface area contributed by atoms with Gasteiger partial charge in [0.2, 0.25) is 0 Å². The number of aryl methyl sites for hydroxylation is 1. The number of carbonyl (C=O) groups excluding carboxylic acids is 1. The van der Waals surface area contributed by atoms with Gasteiger partial charge in [-0.15, -0.1) is 0 Å². The maximum absolute atomic E-state index is 11.7. The summed E-state index contributed by atoms with van der Waals surface area (Å²) in [6.45, 7) is 1.49. The van der Waals surface area contributed by atoms with Crippen molar-refractivity contribution in [3.8, 4) is 0 Å². The van der Waals surface area contributed by atoms with Crippen LogP contribution in [-0.2, 0) is 11.2 Å². The van der Waals surface area contributed by atoms with Crippen molar-refractivity contribution in [2.75, 3.05) is 13.6 Å². The van der Waals surface area contributed by atoms with E-state index in [1.165, 1.54) is 13.2 Å². The van der Waals surface area contributed by atoms with E-state index in [0.29, 0.717) is 17.7 Å². The van der Waals surface area contributed by atoms with Crippen molar-refractivity contribution >= 4 is 11.9 Å². The number of hydrogen-bond acceptors (Lipinski definition) is 4. The fourth-order valence-electron chi connectivity index (χ4n) is 1.17. The Balaban J connectivity index is 2.80. The van der Waals surface area contributed by atoms with Crippen LogP contribution in [0.5, 0.6) is 0 Å². The zero-order chi connectivity index (χ0) is 11.4. The molecule has 0 saturated heterocycles. The van der Waals surface area contributed by atoms with Gasteiger partial charge in [0.05, 0.1) is 6.20 Å². The highest BCUT2D eigenvalue weighted by molar-refractivity contribution is 5.96. The summed E-state index contributed by atoms with van der Waals surface area (Å²) in [6.07, 6.45) is 1.85. The lowest BCUT2D eigenvalue weighted by Gasteiger charge is -2.13. The van der Waals surface area contributed by atoms with Gasteiger partial charge in [0.15, 0.2) is 0 Å². The molecule has 1 aromatic rings. The molecule has 6 heteroatoms. The number of carboxylic acid groups (broad SMARTS) is 1. The van der Waals surface area contributed by atoms with Gasteiger partial charge in [-0.1, -0.05) is 12.1 Å². The topological polar surface area (TPSA) is 83.6 Å². The average Bonchev–Trinajstić information content (AvgIpc) is 2.62. The third-order valence-corrected chi connectivity index (χ3v) is 1.92. The van der Waals surface area contributed by atoms with E-state index >= 15 is 0 Å². The highest BCUT2D eigenvalue weighted by atomic mass is 16.5. The van der Waals surface area contributed by atoms with E-state index in [9.17, 15) is 9.59 Å². The zero-order valence-corrected chi connectivity index (χ0v) is 8.56. The van der Waals surface area contributed by atoms with Crippen molar-refractivity contribution in [2.24, 2.45) is 0 Å². The summed E-state index contributed by atoms with van der Waals surface area (Å²) in [6, 6.07) is 0. The molecule has 1 amide bonds. The molecule has 1 heterocycles. The Hall–Kier alpha value is -1.85. The molecule has 0 saturated carbocycles. The number of aliphatic carboxylic acids is 1. The monoisotopic (exact) mass is 212 g/mol. The minimum Gasteiger partial charge on any atom is -0.480 e. The van der Waals surface area contributed by atoms with Crippen LogP contribution in [0.2, 0.25) is 0 Å². The first-order valence-electron chi connectivity index (χ1n) is 4.47. The summed E-state index contributed by atoms with van der Waals surface area (Å²) in [7, 11) is 1.42. The molecule has 0 spiro atoms. The second kappa shape index (κ2) is 4.59. The molecular formula is C9H12N2O4. The minimum atomic E-state index is -1.06. The highest BCUT2D eigenvalue weighted by Gasteiger charge is 2.19. The van der Waals surface area contributed by atoms with Gasteiger partial charge in [0.1, 0.15) is 17.9 Å². The molecule has 15 heavy (non-hydrogen) atoms. The highest BCUT2D eigenvalue weighted by Crippen LogP contribution is 2.10. The fraction of sp³-hybridized carbons (Fsp3) is 0.444. The molecule has 0 aromatic carbocycles. The number of amides is 1. The molecule has 0 bridgehead atoms. The summed E-state index contributed by atoms with van der Waals surface area (Å²) in [5.74, 6) is -0.979. The van der Waals surface area contributed by atoms with E-state index in [2.05, 4.69) is 5.16 Å². The fourth-order valence-corrected chi connectivity index (χ4v) is 1.17. The summed E-state index contributed by atoms with van der Waals surface area (Å²) in [5.41, 5.74) is 0.321. The van der Waals surface area contributed by atoms with Crippen LogP contribution in [0, 0.1) is 0 Å². The molecule has 0 aliphatic carbocycles. The summed E-state index contributed by atoms with van der Waals surface area (Å²) in [5, 5.41) is 12.0. The molecule has 6 nitrogen and oxygen atoms in total. The van der Waals surface area contributed by atoms with Crippen molar-refractivity contribution in [3.63, 3.8) is 0 Å². The average molecular weight is 212 g/mol. The van der Waals surface area contributed by atoms with Crippen LogP contribution in [0.3, 0.4) is 0 Å². The van der Waals surface area contributed by atoms with E-state index in [-0.39, 0.29) is 6.54 Å². The van der Waals surface area contributed by atoms with Gasteiger partial charge in [0, 0.05) is 13.5 Å². The third kappa shape index (κ3) is 2.55. The number of nitrogens with zero attached hydrogens (tertiary/aromatic N) is 2. The molecule has 0 unspecified atom stereocenters. The van der Waals surface area contributed by atoms with Crippen LogP contribution in [0.15, 0.2) is 10.7 Å². The van der Waals surface area contributed by atoms with Crippen LogP contribution in [0.1, 0.15) is 23.0 Å². The van der Waals surface area contributed by atoms with Crippen LogP contribution in [-0.4, -0.2) is 40.6 Å². The number of hydrogen-bond donors (Lipinski definition) is 1. The first-order chi connectivity index (χ1) is 7.06. The first kappa shape index (κ1) is 11.2. The predicted octanol–water partition coefficient (Wildman–Crippen LogP) is 0.394. The van der Waals surface area contributed by atoms with Crippen LogP contribution in [0.25, 0.3) is 0 Å². The number of carbonyl (C=O) groups is 2. The molecule has 0 fully saturated rings. The standard InChI is InChI=1S/C9H12N2O4/c1-3-7-6(4-10-15-7)9(14)11(2)5-8(12)13/h4H,3,5H2,1-2H3,(H,12,13). The predicted molar refractivity (Wildman–Crippen MR) is 50.5 cm³/mol. The Morgan fingerprint density at radius 3 is 2.80 bits per heavy atom. The number of rotatable bonds is 4. The van der Waals surface area contributed by atoms with Crippen molar-refractivity contribution in [1.82, 2.24) is 10.1 Å².